The van der Waals surface area contributed by atoms with Crippen molar-refractivity contribution in [1.29, 1.82) is 0 Å². The number of ether oxygens (including phenoxy) is 1. The van der Waals surface area contributed by atoms with E-state index in [0.29, 0.717) is 15.7 Å². The molecule has 0 saturated heterocycles. The van der Waals surface area contributed by atoms with Gasteiger partial charge in [0.05, 0.1) is 29.4 Å². The molecule has 0 heterocycles. The molecule has 0 aliphatic heterocycles. The van der Waals surface area contributed by atoms with Crippen LogP contribution in [0.15, 0.2) is 42.5 Å². The van der Waals surface area contributed by atoms with Gasteiger partial charge in [-0.2, -0.15) is 0 Å². The molecule has 0 bridgehead atoms. The number of hydrogen-bond acceptors (Lipinski definition) is 3. The summed E-state index contributed by atoms with van der Waals surface area (Å²) in [5, 5.41) is 6.44. The second-order valence-corrected chi connectivity index (χ2v) is 5.02. The molecule has 110 valence electrons. The normalized spacial score (nSPS) is 10.0. The lowest BCUT2D eigenvalue weighted by Gasteiger charge is -2.10. The molecule has 2 aromatic rings. The van der Waals surface area contributed by atoms with Crippen molar-refractivity contribution >= 4 is 40.5 Å². The minimum Gasteiger partial charge on any atom is -0.497 e. The fraction of sp³-hybridized carbons (Fsp3) is 0.133. The minimum absolute atomic E-state index is 0.120. The van der Waals surface area contributed by atoms with Gasteiger partial charge in [0, 0.05) is 5.69 Å². The third-order valence-electron chi connectivity index (χ3n) is 2.77. The number of nitrogens with one attached hydrogen (secondary N) is 2. The van der Waals surface area contributed by atoms with Crippen LogP contribution in [0.5, 0.6) is 5.75 Å². The number of rotatable bonds is 5. The molecule has 2 rings (SSSR count). The highest BCUT2D eigenvalue weighted by molar-refractivity contribution is 6.44. The molecular formula is C15H14Cl2N2O2. The van der Waals surface area contributed by atoms with E-state index in [4.69, 9.17) is 27.9 Å². The number of amides is 1. The Morgan fingerprint density at radius 2 is 1.86 bits per heavy atom. The zero-order valence-corrected chi connectivity index (χ0v) is 12.8. The van der Waals surface area contributed by atoms with Crippen LogP contribution in [0.3, 0.4) is 0 Å². The third kappa shape index (κ3) is 4.28. The summed E-state index contributed by atoms with van der Waals surface area (Å²) < 4.78 is 5.06. The van der Waals surface area contributed by atoms with Crippen molar-refractivity contribution in [2.75, 3.05) is 24.3 Å². The summed E-state index contributed by atoms with van der Waals surface area (Å²) in [5.74, 6) is 0.547. The first-order valence-corrected chi connectivity index (χ1v) is 6.97. The zero-order valence-electron chi connectivity index (χ0n) is 11.3. The van der Waals surface area contributed by atoms with Crippen molar-refractivity contribution in [3.8, 4) is 5.75 Å². The van der Waals surface area contributed by atoms with Crippen LogP contribution in [-0.2, 0) is 4.79 Å². The van der Waals surface area contributed by atoms with E-state index in [2.05, 4.69) is 10.6 Å². The highest BCUT2D eigenvalue weighted by Crippen LogP contribution is 2.29. The Hall–Kier alpha value is -1.91. The van der Waals surface area contributed by atoms with Gasteiger partial charge in [0.25, 0.3) is 0 Å². The maximum atomic E-state index is 11.9. The standard InChI is InChI=1S/C15H14Cl2N2O2/c1-21-11-7-5-10(6-8-11)18-9-14(20)19-13-4-2-3-12(16)15(13)17/h2-8,18H,9H2,1H3,(H,19,20). The molecule has 0 aliphatic rings. The van der Waals surface area contributed by atoms with Crippen LogP contribution in [0.25, 0.3) is 0 Å². The first-order chi connectivity index (χ1) is 10.1. The predicted octanol–water partition coefficient (Wildman–Crippen LogP) is 4.05. The molecule has 0 atom stereocenters. The van der Waals surface area contributed by atoms with Crippen molar-refractivity contribution in [3.63, 3.8) is 0 Å². The Balaban J connectivity index is 1.91. The lowest BCUT2D eigenvalue weighted by molar-refractivity contribution is -0.114. The average molecular weight is 325 g/mol. The summed E-state index contributed by atoms with van der Waals surface area (Å²) in [6.07, 6.45) is 0. The average Bonchev–Trinajstić information content (AvgIpc) is 2.50. The fourth-order valence-electron chi connectivity index (χ4n) is 1.69. The van der Waals surface area contributed by atoms with Crippen molar-refractivity contribution in [3.05, 3.63) is 52.5 Å². The number of carbonyl (C=O) groups is 1. The van der Waals surface area contributed by atoms with Gasteiger partial charge in [0.15, 0.2) is 0 Å². The second kappa shape index (κ2) is 7.20. The number of carbonyl (C=O) groups excluding carboxylic acids is 1. The molecule has 0 spiro atoms. The van der Waals surface area contributed by atoms with E-state index in [-0.39, 0.29) is 12.5 Å². The van der Waals surface area contributed by atoms with E-state index in [1.54, 1.807) is 25.3 Å². The van der Waals surface area contributed by atoms with E-state index in [1.165, 1.54) is 0 Å². The van der Waals surface area contributed by atoms with E-state index in [1.807, 2.05) is 24.3 Å². The Labute approximate surface area is 133 Å². The van der Waals surface area contributed by atoms with Crippen molar-refractivity contribution in [1.82, 2.24) is 0 Å². The fourth-order valence-corrected chi connectivity index (χ4v) is 2.03. The highest BCUT2D eigenvalue weighted by Gasteiger charge is 2.08. The molecule has 1 amide bonds. The van der Waals surface area contributed by atoms with E-state index in [9.17, 15) is 4.79 Å². The first kappa shape index (κ1) is 15.5. The maximum Gasteiger partial charge on any atom is 0.243 e. The van der Waals surface area contributed by atoms with Crippen molar-refractivity contribution < 1.29 is 9.53 Å². The first-order valence-electron chi connectivity index (χ1n) is 6.22. The van der Waals surface area contributed by atoms with Gasteiger partial charge >= 0.3 is 0 Å². The smallest absolute Gasteiger partial charge is 0.243 e. The van der Waals surface area contributed by atoms with Gasteiger partial charge in [-0.1, -0.05) is 29.3 Å². The summed E-state index contributed by atoms with van der Waals surface area (Å²) in [5.41, 5.74) is 1.31. The lowest BCUT2D eigenvalue weighted by Crippen LogP contribution is -2.21. The minimum atomic E-state index is -0.213. The lowest BCUT2D eigenvalue weighted by atomic mass is 10.3. The largest absolute Gasteiger partial charge is 0.497 e. The Morgan fingerprint density at radius 1 is 1.14 bits per heavy atom. The number of hydrogen-bond donors (Lipinski definition) is 2. The van der Waals surface area contributed by atoms with Gasteiger partial charge in [-0.25, -0.2) is 0 Å². The van der Waals surface area contributed by atoms with Crippen LogP contribution >= 0.6 is 23.2 Å². The second-order valence-electron chi connectivity index (χ2n) is 4.23. The van der Waals surface area contributed by atoms with E-state index in [0.717, 1.165) is 11.4 Å². The number of halogens is 2. The molecule has 0 fully saturated rings. The summed E-state index contributed by atoms with van der Waals surface area (Å²) in [7, 11) is 1.60. The number of benzene rings is 2. The zero-order chi connectivity index (χ0) is 15.2. The summed E-state index contributed by atoms with van der Waals surface area (Å²) in [4.78, 5) is 11.9. The van der Waals surface area contributed by atoms with Crippen molar-refractivity contribution in [2.24, 2.45) is 0 Å². The maximum absolute atomic E-state index is 11.9. The molecule has 0 radical (unpaired) electrons. The Morgan fingerprint density at radius 3 is 2.52 bits per heavy atom. The third-order valence-corrected chi connectivity index (χ3v) is 3.59. The van der Waals surface area contributed by atoms with E-state index >= 15 is 0 Å². The quantitative estimate of drug-likeness (QED) is 0.872. The van der Waals surface area contributed by atoms with Gasteiger partial charge in [-0.15, -0.1) is 0 Å². The molecule has 21 heavy (non-hydrogen) atoms. The topological polar surface area (TPSA) is 50.4 Å². The highest BCUT2D eigenvalue weighted by atomic mass is 35.5. The molecule has 2 aromatic carbocycles. The van der Waals surface area contributed by atoms with E-state index < -0.39 is 0 Å². The molecule has 4 nitrogen and oxygen atoms in total. The summed E-state index contributed by atoms with van der Waals surface area (Å²) >= 11 is 11.9. The van der Waals surface area contributed by atoms with Crippen LogP contribution in [0.4, 0.5) is 11.4 Å². The molecule has 6 heteroatoms. The summed E-state index contributed by atoms with van der Waals surface area (Å²) in [6.45, 7) is 0.120. The SMILES string of the molecule is COc1ccc(NCC(=O)Nc2cccc(Cl)c2Cl)cc1. The van der Waals surface area contributed by atoms with Gasteiger partial charge in [-0.3, -0.25) is 4.79 Å². The van der Waals surface area contributed by atoms with Gasteiger partial charge < -0.3 is 15.4 Å². The van der Waals surface area contributed by atoms with Crippen LogP contribution < -0.4 is 15.4 Å². The van der Waals surface area contributed by atoms with Gasteiger partial charge in [-0.05, 0) is 36.4 Å². The Kier molecular flexibility index (Phi) is 5.31. The van der Waals surface area contributed by atoms with Gasteiger partial charge in [0.2, 0.25) is 5.91 Å². The predicted molar refractivity (Wildman–Crippen MR) is 86.6 cm³/mol. The van der Waals surface area contributed by atoms with Crippen LogP contribution in [0, 0.1) is 0 Å². The molecular weight excluding hydrogens is 311 g/mol. The molecule has 0 aromatic heterocycles. The number of methoxy groups -OCH3 is 1. The summed E-state index contributed by atoms with van der Waals surface area (Å²) in [6, 6.07) is 12.4. The molecule has 0 saturated carbocycles. The van der Waals surface area contributed by atoms with Crippen LogP contribution in [0.2, 0.25) is 10.0 Å². The Bertz CT molecular complexity index is 630. The van der Waals surface area contributed by atoms with Gasteiger partial charge in [0.1, 0.15) is 5.75 Å². The monoisotopic (exact) mass is 324 g/mol. The molecule has 0 unspecified atom stereocenters. The van der Waals surface area contributed by atoms with Crippen LogP contribution in [-0.4, -0.2) is 19.6 Å². The molecule has 0 aliphatic carbocycles. The van der Waals surface area contributed by atoms with Crippen molar-refractivity contribution in [2.45, 2.75) is 0 Å². The number of anilines is 2. The molecule has 2 N–H and O–H groups in total. The van der Waals surface area contributed by atoms with Crippen LogP contribution in [0.1, 0.15) is 0 Å².